The third kappa shape index (κ3) is 3.39. The van der Waals surface area contributed by atoms with Gasteiger partial charge in [0.15, 0.2) is 0 Å². The Hall–Kier alpha value is -1.95. The molecule has 2 aromatic carbocycles. The lowest BCUT2D eigenvalue weighted by Gasteiger charge is -2.22. The third-order valence-corrected chi connectivity index (χ3v) is 4.51. The quantitative estimate of drug-likeness (QED) is 0.850. The van der Waals surface area contributed by atoms with Crippen LogP contribution in [-0.4, -0.2) is 21.2 Å². The summed E-state index contributed by atoms with van der Waals surface area (Å²) >= 11 is 0. The van der Waals surface area contributed by atoms with Gasteiger partial charge < -0.3 is 4.90 Å². The molecule has 0 aliphatic carbocycles. The molecule has 0 atom stereocenters. The predicted octanol–water partition coefficient (Wildman–Crippen LogP) is 3.32. The smallest absolute Gasteiger partial charge is 0.341 e. The summed E-state index contributed by atoms with van der Waals surface area (Å²) in [6.45, 7) is 0.427. The van der Waals surface area contributed by atoms with Gasteiger partial charge >= 0.3 is 5.76 Å². The lowest BCUT2D eigenvalue weighted by Crippen LogP contribution is -2.21. The van der Waals surface area contributed by atoms with Gasteiger partial charge in [0.25, 0.3) is 0 Å². The van der Waals surface area contributed by atoms with E-state index in [9.17, 15) is 17.2 Å². The average molecular weight is 311 g/mol. The standard InChI is InChI=1S/C15H15F2NO2S/c1-18(11-12-7-3-2-4-8-12)13-9-5-6-10-14(13)21(19,20)15(16)17/h2-10,15H,11H2,1H3. The molecule has 0 heterocycles. The highest BCUT2D eigenvalue weighted by molar-refractivity contribution is 7.91. The predicted molar refractivity (Wildman–Crippen MR) is 78.2 cm³/mol. The molecule has 2 aromatic rings. The Morgan fingerprint density at radius 1 is 1.00 bits per heavy atom. The Bertz CT molecular complexity index is 703. The average Bonchev–Trinajstić information content (AvgIpc) is 2.48. The summed E-state index contributed by atoms with van der Waals surface area (Å²) in [5, 5.41) is 0. The highest BCUT2D eigenvalue weighted by Gasteiger charge is 2.29. The van der Waals surface area contributed by atoms with Gasteiger partial charge in [-0.05, 0) is 17.7 Å². The summed E-state index contributed by atoms with van der Waals surface area (Å²) < 4.78 is 49.0. The van der Waals surface area contributed by atoms with E-state index in [-0.39, 0.29) is 10.6 Å². The van der Waals surface area contributed by atoms with E-state index >= 15 is 0 Å². The maximum absolute atomic E-state index is 12.8. The largest absolute Gasteiger partial charge is 0.369 e. The van der Waals surface area contributed by atoms with Crippen LogP contribution in [0.25, 0.3) is 0 Å². The van der Waals surface area contributed by atoms with E-state index in [1.165, 1.54) is 18.2 Å². The summed E-state index contributed by atoms with van der Waals surface area (Å²) in [4.78, 5) is 1.29. The van der Waals surface area contributed by atoms with Crippen molar-refractivity contribution in [2.24, 2.45) is 0 Å². The zero-order valence-electron chi connectivity index (χ0n) is 11.4. The molecular weight excluding hydrogens is 296 g/mol. The minimum absolute atomic E-state index is 0.265. The lowest BCUT2D eigenvalue weighted by atomic mass is 10.2. The fraction of sp³-hybridized carbons (Fsp3) is 0.200. The molecule has 0 aromatic heterocycles. The molecule has 0 saturated carbocycles. The number of sulfone groups is 1. The van der Waals surface area contributed by atoms with Crippen molar-refractivity contribution < 1.29 is 17.2 Å². The van der Waals surface area contributed by atoms with Crippen LogP contribution in [0.2, 0.25) is 0 Å². The van der Waals surface area contributed by atoms with E-state index in [1.807, 2.05) is 30.3 Å². The van der Waals surface area contributed by atoms with Crippen molar-refractivity contribution in [2.75, 3.05) is 11.9 Å². The molecule has 0 aliphatic rings. The number of alkyl halides is 2. The third-order valence-electron chi connectivity index (χ3n) is 3.08. The number of para-hydroxylation sites is 1. The Labute approximate surface area is 122 Å². The minimum Gasteiger partial charge on any atom is -0.369 e. The fourth-order valence-corrected chi connectivity index (χ4v) is 3.03. The molecule has 0 fully saturated rings. The van der Waals surface area contributed by atoms with Gasteiger partial charge in [0, 0.05) is 13.6 Å². The van der Waals surface area contributed by atoms with Crippen LogP contribution in [-0.2, 0) is 16.4 Å². The monoisotopic (exact) mass is 311 g/mol. The topological polar surface area (TPSA) is 37.4 Å². The van der Waals surface area contributed by atoms with E-state index in [0.29, 0.717) is 6.54 Å². The van der Waals surface area contributed by atoms with Crippen LogP contribution in [0.15, 0.2) is 59.5 Å². The summed E-state index contributed by atoms with van der Waals surface area (Å²) in [7, 11) is -2.95. The number of anilines is 1. The van der Waals surface area contributed by atoms with E-state index < -0.39 is 15.6 Å². The molecule has 0 saturated heterocycles. The number of halogens is 2. The van der Waals surface area contributed by atoms with Crippen molar-refractivity contribution in [1.29, 1.82) is 0 Å². The van der Waals surface area contributed by atoms with Crippen molar-refractivity contribution >= 4 is 15.5 Å². The maximum atomic E-state index is 12.8. The first kappa shape index (κ1) is 15.4. The van der Waals surface area contributed by atoms with Gasteiger partial charge in [0.1, 0.15) is 0 Å². The van der Waals surface area contributed by atoms with E-state index in [2.05, 4.69) is 0 Å². The number of rotatable bonds is 5. The van der Waals surface area contributed by atoms with Gasteiger partial charge in [0.05, 0.1) is 10.6 Å². The van der Waals surface area contributed by atoms with Gasteiger partial charge in [-0.1, -0.05) is 42.5 Å². The van der Waals surface area contributed by atoms with Gasteiger partial charge in [-0.25, -0.2) is 8.42 Å². The van der Waals surface area contributed by atoms with Crippen molar-refractivity contribution in [2.45, 2.75) is 17.2 Å². The SMILES string of the molecule is CN(Cc1ccccc1)c1ccccc1S(=O)(=O)C(F)F. The lowest BCUT2D eigenvalue weighted by molar-refractivity contribution is 0.235. The van der Waals surface area contributed by atoms with Crippen LogP contribution in [0, 0.1) is 0 Å². The van der Waals surface area contributed by atoms with Gasteiger partial charge in [-0.15, -0.1) is 0 Å². The molecule has 21 heavy (non-hydrogen) atoms. The summed E-state index contributed by atoms with van der Waals surface area (Å²) in [5.74, 6) is -3.43. The van der Waals surface area contributed by atoms with Crippen LogP contribution >= 0.6 is 0 Å². The van der Waals surface area contributed by atoms with E-state index in [4.69, 9.17) is 0 Å². The normalized spacial score (nSPS) is 11.6. The molecule has 0 unspecified atom stereocenters. The van der Waals surface area contributed by atoms with Crippen molar-refractivity contribution in [3.63, 3.8) is 0 Å². The summed E-state index contributed by atoms with van der Waals surface area (Å²) in [6.07, 6.45) is 0. The molecule has 2 rings (SSSR count). The molecule has 0 N–H and O–H groups in total. The minimum atomic E-state index is -4.62. The van der Waals surface area contributed by atoms with Gasteiger partial charge in [0.2, 0.25) is 9.84 Å². The molecule has 112 valence electrons. The number of hydrogen-bond donors (Lipinski definition) is 0. The number of hydrogen-bond acceptors (Lipinski definition) is 3. The van der Waals surface area contributed by atoms with Crippen molar-refractivity contribution in [3.8, 4) is 0 Å². The van der Waals surface area contributed by atoms with Crippen LogP contribution < -0.4 is 4.90 Å². The van der Waals surface area contributed by atoms with Gasteiger partial charge in [-0.3, -0.25) is 0 Å². The first-order valence-electron chi connectivity index (χ1n) is 6.29. The molecule has 0 amide bonds. The Morgan fingerprint density at radius 3 is 2.19 bits per heavy atom. The second-order valence-electron chi connectivity index (χ2n) is 4.62. The summed E-state index contributed by atoms with van der Waals surface area (Å²) in [6, 6.07) is 15.2. The van der Waals surface area contributed by atoms with Crippen LogP contribution in [0.1, 0.15) is 5.56 Å². The molecular formula is C15H15F2NO2S. The van der Waals surface area contributed by atoms with Crippen LogP contribution in [0.3, 0.4) is 0 Å². The maximum Gasteiger partial charge on any atom is 0.341 e. The van der Waals surface area contributed by atoms with E-state index in [0.717, 1.165) is 5.56 Å². The Morgan fingerprint density at radius 2 is 1.57 bits per heavy atom. The van der Waals surface area contributed by atoms with Gasteiger partial charge in [-0.2, -0.15) is 8.78 Å². The first-order valence-corrected chi connectivity index (χ1v) is 7.83. The molecule has 0 spiro atoms. The highest BCUT2D eigenvalue weighted by atomic mass is 32.2. The fourth-order valence-electron chi connectivity index (χ4n) is 2.05. The molecule has 0 bridgehead atoms. The molecule has 3 nitrogen and oxygen atoms in total. The first-order chi connectivity index (χ1) is 9.93. The van der Waals surface area contributed by atoms with Crippen molar-refractivity contribution in [3.05, 3.63) is 60.2 Å². The summed E-state index contributed by atoms with van der Waals surface area (Å²) in [5.41, 5.74) is 1.23. The second-order valence-corrected chi connectivity index (χ2v) is 6.50. The zero-order chi connectivity index (χ0) is 15.5. The molecule has 6 heteroatoms. The highest BCUT2D eigenvalue weighted by Crippen LogP contribution is 2.29. The van der Waals surface area contributed by atoms with E-state index in [1.54, 1.807) is 18.0 Å². The van der Waals surface area contributed by atoms with Crippen molar-refractivity contribution in [1.82, 2.24) is 0 Å². The number of benzene rings is 2. The van der Waals surface area contributed by atoms with Crippen LogP contribution in [0.5, 0.6) is 0 Å². The second kappa shape index (κ2) is 6.22. The Balaban J connectivity index is 2.37. The number of nitrogens with zero attached hydrogens (tertiary/aromatic N) is 1. The molecule has 0 radical (unpaired) electrons. The molecule has 0 aliphatic heterocycles. The van der Waals surface area contributed by atoms with Crippen LogP contribution in [0.4, 0.5) is 14.5 Å². The Kier molecular flexibility index (Phi) is 4.57. The zero-order valence-corrected chi connectivity index (χ0v) is 12.2.